The van der Waals surface area contributed by atoms with Crippen LogP contribution in [0.2, 0.25) is 0 Å². The number of hydrogen-bond acceptors (Lipinski definition) is 5. The molecule has 2 aliphatic carbocycles. The maximum absolute atomic E-state index is 13.8. The first-order valence-electron chi connectivity index (χ1n) is 11.6. The van der Waals surface area contributed by atoms with Crippen LogP contribution < -0.4 is 0 Å². The zero-order valence-corrected chi connectivity index (χ0v) is 18.1. The molecule has 3 aliphatic heterocycles. The van der Waals surface area contributed by atoms with Gasteiger partial charge in [0.2, 0.25) is 0 Å². The second-order valence-electron chi connectivity index (χ2n) is 9.50. The molecule has 1 aromatic rings. The number of rotatable bonds is 3. The van der Waals surface area contributed by atoms with Gasteiger partial charge in [0.05, 0.1) is 17.8 Å². The van der Waals surface area contributed by atoms with Crippen molar-refractivity contribution in [2.24, 2.45) is 9.98 Å². The molecule has 0 aromatic heterocycles. The van der Waals surface area contributed by atoms with Gasteiger partial charge in [0.1, 0.15) is 30.3 Å². The van der Waals surface area contributed by atoms with Crippen LogP contribution >= 0.6 is 0 Å². The van der Waals surface area contributed by atoms with Gasteiger partial charge in [0, 0.05) is 37.5 Å². The highest BCUT2D eigenvalue weighted by molar-refractivity contribution is 6.01. The number of nitrogens with zero attached hydrogens (tertiary/aromatic N) is 3. The summed E-state index contributed by atoms with van der Waals surface area (Å²) in [6, 6.07) is 3.32. The monoisotopic (exact) mass is 453 g/mol. The largest absolute Gasteiger partial charge is 0.495 e. The molecule has 1 spiro atoms. The van der Waals surface area contributed by atoms with E-state index in [1.807, 2.05) is 18.2 Å². The van der Waals surface area contributed by atoms with E-state index in [9.17, 15) is 13.6 Å². The smallest absolute Gasteiger partial charge is 0.257 e. The van der Waals surface area contributed by atoms with E-state index in [4.69, 9.17) is 9.47 Å². The van der Waals surface area contributed by atoms with Gasteiger partial charge in [0.25, 0.3) is 5.91 Å². The summed E-state index contributed by atoms with van der Waals surface area (Å²) in [6.07, 6.45) is 11.9. The summed E-state index contributed by atoms with van der Waals surface area (Å²) >= 11 is 0. The van der Waals surface area contributed by atoms with E-state index in [0.717, 1.165) is 36.8 Å². The van der Waals surface area contributed by atoms with Crippen molar-refractivity contribution >= 4 is 18.0 Å². The predicted octanol–water partition coefficient (Wildman–Crippen LogP) is 4.38. The van der Waals surface area contributed by atoms with Crippen molar-refractivity contribution in [2.75, 3.05) is 0 Å². The number of fused-ring (bicyclic) bond motifs is 3. The van der Waals surface area contributed by atoms with Crippen molar-refractivity contribution in [1.29, 1.82) is 0 Å². The molecule has 2 bridgehead atoms. The van der Waals surface area contributed by atoms with Crippen LogP contribution in [-0.2, 0) is 14.3 Å². The van der Waals surface area contributed by atoms with Gasteiger partial charge in [-0.25, -0.2) is 13.8 Å². The Morgan fingerprint density at radius 1 is 1.12 bits per heavy atom. The predicted molar refractivity (Wildman–Crippen MR) is 118 cm³/mol. The van der Waals surface area contributed by atoms with Gasteiger partial charge < -0.3 is 14.4 Å². The van der Waals surface area contributed by atoms with Crippen LogP contribution in [-0.4, -0.2) is 46.8 Å². The van der Waals surface area contributed by atoms with E-state index in [-0.39, 0.29) is 30.3 Å². The van der Waals surface area contributed by atoms with Crippen LogP contribution in [0.15, 0.2) is 52.2 Å². The summed E-state index contributed by atoms with van der Waals surface area (Å²) < 4.78 is 40.0. The lowest BCUT2D eigenvalue weighted by Crippen LogP contribution is -2.54. The molecule has 3 atom stereocenters. The fourth-order valence-electron chi connectivity index (χ4n) is 5.65. The number of carbonyl (C=O) groups is 1. The minimum Gasteiger partial charge on any atom is -0.495 e. The molecular formula is C25H25F2N3O3. The lowest BCUT2D eigenvalue weighted by Gasteiger charge is -2.42. The molecule has 6 nitrogen and oxygen atoms in total. The molecule has 2 unspecified atom stereocenters. The summed E-state index contributed by atoms with van der Waals surface area (Å²) in [5.74, 6) is -0.476. The van der Waals surface area contributed by atoms with Gasteiger partial charge in [-0.05, 0) is 49.1 Å². The van der Waals surface area contributed by atoms with Crippen LogP contribution in [0.5, 0.6) is 0 Å². The highest BCUT2D eigenvalue weighted by Crippen LogP contribution is 2.52. The first kappa shape index (κ1) is 20.7. The Kier molecular flexibility index (Phi) is 4.94. The Morgan fingerprint density at radius 3 is 2.76 bits per heavy atom. The Hall–Kier alpha value is -2.87. The second kappa shape index (κ2) is 7.87. The standard InChI is InChI=1S/C25H25F2N3O3/c26-16-8-15(9-17(27)10-16)22-6-7-23-30(22)24(31)25(33-23)12-21(13-25)32-20-3-1-2-18-11-19(4-5-20)29-14-28-18/h1-3,8-10,14,19,21-23H,4-7,11-13H2/b2-1-,20-3+/t19?,21?,22-,23?,25?/m0/s1. The lowest BCUT2D eigenvalue weighted by atomic mass is 9.76. The quantitative estimate of drug-likeness (QED) is 0.683. The number of ether oxygens (including phenoxy) is 2. The van der Waals surface area contributed by atoms with E-state index in [2.05, 4.69) is 9.98 Å². The second-order valence-corrected chi connectivity index (χ2v) is 9.50. The van der Waals surface area contributed by atoms with Gasteiger partial charge in [-0.2, -0.15) is 0 Å². The highest BCUT2D eigenvalue weighted by atomic mass is 19.1. The van der Waals surface area contributed by atoms with E-state index < -0.39 is 17.2 Å². The average molecular weight is 453 g/mol. The molecule has 1 amide bonds. The van der Waals surface area contributed by atoms with Crippen molar-refractivity contribution in [3.8, 4) is 0 Å². The highest BCUT2D eigenvalue weighted by Gasteiger charge is 2.63. The normalized spacial score (nSPS) is 37.4. The van der Waals surface area contributed by atoms with Crippen LogP contribution in [0.1, 0.15) is 56.6 Å². The summed E-state index contributed by atoms with van der Waals surface area (Å²) in [4.78, 5) is 23.8. The van der Waals surface area contributed by atoms with Crippen molar-refractivity contribution < 1.29 is 23.0 Å². The SMILES string of the molecule is O=C1N2C(CC[C@H]2c2cc(F)cc(F)c2)OC12CC(O/C1=C/C=C\C3=NC=NC(CC1)C3)C2. The van der Waals surface area contributed by atoms with Crippen LogP contribution in [0.3, 0.4) is 0 Å². The number of allylic oxidation sites excluding steroid dienone is 4. The van der Waals surface area contributed by atoms with Gasteiger partial charge in [-0.15, -0.1) is 0 Å². The Labute approximate surface area is 190 Å². The van der Waals surface area contributed by atoms with E-state index in [1.165, 1.54) is 12.1 Å². The molecule has 3 heterocycles. The molecule has 5 aliphatic rings. The van der Waals surface area contributed by atoms with Gasteiger partial charge >= 0.3 is 0 Å². The first-order chi connectivity index (χ1) is 16.0. The molecule has 3 fully saturated rings. The third-order valence-corrected chi connectivity index (χ3v) is 7.26. The lowest BCUT2D eigenvalue weighted by molar-refractivity contribution is -0.169. The Balaban J connectivity index is 1.12. The molecule has 33 heavy (non-hydrogen) atoms. The molecule has 1 saturated carbocycles. The van der Waals surface area contributed by atoms with Crippen LogP contribution in [0.4, 0.5) is 8.78 Å². The maximum Gasteiger partial charge on any atom is 0.257 e. The molecule has 6 rings (SSSR count). The number of hydrogen-bond donors (Lipinski definition) is 0. The fraction of sp³-hybridized carbons (Fsp3) is 0.480. The van der Waals surface area contributed by atoms with E-state index >= 15 is 0 Å². The molecule has 0 N–H and O–H groups in total. The summed E-state index contributed by atoms with van der Waals surface area (Å²) in [7, 11) is 0. The van der Waals surface area contributed by atoms with Crippen molar-refractivity contribution in [2.45, 2.75) is 75.0 Å². The van der Waals surface area contributed by atoms with Gasteiger partial charge in [0.15, 0.2) is 5.60 Å². The topological polar surface area (TPSA) is 63.5 Å². The maximum atomic E-state index is 13.8. The first-order valence-corrected chi connectivity index (χ1v) is 11.6. The molecular weight excluding hydrogens is 428 g/mol. The number of halogens is 2. The zero-order valence-electron chi connectivity index (χ0n) is 18.1. The third-order valence-electron chi connectivity index (χ3n) is 7.26. The summed E-state index contributed by atoms with van der Waals surface area (Å²) in [5, 5.41) is 0. The number of aliphatic imine (C=N–C) groups is 2. The number of amides is 1. The molecule has 8 heteroatoms. The fourth-order valence-corrected chi connectivity index (χ4v) is 5.65. The minimum absolute atomic E-state index is 0.0935. The molecule has 1 aromatic carbocycles. The molecule has 172 valence electrons. The summed E-state index contributed by atoms with van der Waals surface area (Å²) in [5.41, 5.74) is 0.620. The van der Waals surface area contributed by atoms with Crippen molar-refractivity contribution in [3.05, 3.63) is 59.4 Å². The summed E-state index contributed by atoms with van der Waals surface area (Å²) in [6.45, 7) is 0. The number of benzene rings is 1. The average Bonchev–Trinajstić information content (AvgIpc) is 3.30. The van der Waals surface area contributed by atoms with Crippen molar-refractivity contribution in [1.82, 2.24) is 4.90 Å². The minimum atomic E-state index is -0.885. The van der Waals surface area contributed by atoms with E-state index in [1.54, 1.807) is 11.2 Å². The Bertz CT molecular complexity index is 1090. The van der Waals surface area contributed by atoms with Gasteiger partial charge in [-0.3, -0.25) is 9.79 Å². The van der Waals surface area contributed by atoms with E-state index in [0.29, 0.717) is 31.2 Å². The Morgan fingerprint density at radius 2 is 1.94 bits per heavy atom. The van der Waals surface area contributed by atoms with Crippen LogP contribution in [0.25, 0.3) is 0 Å². The molecule has 2 saturated heterocycles. The van der Waals surface area contributed by atoms with Gasteiger partial charge in [-0.1, -0.05) is 6.08 Å². The number of carbonyl (C=O) groups excluding carboxylic acids is 1. The zero-order chi connectivity index (χ0) is 22.6. The third kappa shape index (κ3) is 3.70. The van der Waals surface area contributed by atoms with Crippen LogP contribution in [0, 0.1) is 11.6 Å². The molecule has 0 radical (unpaired) electrons. The van der Waals surface area contributed by atoms with Crippen molar-refractivity contribution in [3.63, 3.8) is 0 Å².